The average Bonchev–Trinajstić information content (AvgIpc) is 2.94. The third kappa shape index (κ3) is 3.94. The smallest absolute Gasteiger partial charge is 0.199 e. The molecule has 4 nitrogen and oxygen atoms in total. The summed E-state index contributed by atoms with van der Waals surface area (Å²) < 4.78 is 4.78. The van der Waals surface area contributed by atoms with Gasteiger partial charge in [-0.2, -0.15) is 5.10 Å². The molecule has 1 heterocycles. The number of aryl methyl sites for hydroxylation is 2. The van der Waals surface area contributed by atoms with Crippen LogP contribution < -0.4 is 0 Å². The van der Waals surface area contributed by atoms with Gasteiger partial charge in [-0.15, -0.1) is 0 Å². The van der Waals surface area contributed by atoms with Crippen LogP contribution in [0.25, 0.3) is 11.4 Å². The SMILES string of the molecule is CCn1c(-c2ccccc2)nn(CN(C)Cc2ccc(C)cc2C)c1=S. The first-order valence-corrected chi connectivity index (χ1v) is 9.38. The number of aromatic nitrogens is 3. The molecule has 3 aromatic rings. The van der Waals surface area contributed by atoms with Crippen molar-refractivity contribution in [3.63, 3.8) is 0 Å². The van der Waals surface area contributed by atoms with Gasteiger partial charge in [-0.1, -0.05) is 54.1 Å². The Bertz CT molecular complexity index is 940. The molecule has 0 N–H and O–H groups in total. The molecule has 0 unspecified atom stereocenters. The number of hydrogen-bond donors (Lipinski definition) is 0. The molecule has 3 rings (SSSR count). The Balaban J connectivity index is 1.83. The van der Waals surface area contributed by atoms with Crippen molar-refractivity contribution >= 4 is 12.2 Å². The minimum Gasteiger partial charge on any atom is -0.300 e. The van der Waals surface area contributed by atoms with Gasteiger partial charge in [0.1, 0.15) is 0 Å². The van der Waals surface area contributed by atoms with Crippen LogP contribution in [0.4, 0.5) is 0 Å². The second-order valence-corrected chi connectivity index (χ2v) is 7.17. The Morgan fingerprint density at radius 2 is 1.81 bits per heavy atom. The normalized spacial score (nSPS) is 11.3. The fourth-order valence-electron chi connectivity index (χ4n) is 3.21. The monoisotopic (exact) mass is 366 g/mol. The van der Waals surface area contributed by atoms with E-state index in [-0.39, 0.29) is 0 Å². The van der Waals surface area contributed by atoms with Gasteiger partial charge in [-0.3, -0.25) is 4.90 Å². The second-order valence-electron chi connectivity index (χ2n) is 6.80. The highest BCUT2D eigenvalue weighted by Crippen LogP contribution is 2.19. The van der Waals surface area contributed by atoms with Gasteiger partial charge in [0.2, 0.25) is 0 Å². The second kappa shape index (κ2) is 7.98. The molecular formula is C21H26N4S. The number of nitrogens with zero attached hydrogens (tertiary/aromatic N) is 4. The molecule has 0 amide bonds. The molecule has 0 saturated heterocycles. The van der Waals surface area contributed by atoms with Crippen LogP contribution in [-0.2, 0) is 19.8 Å². The zero-order valence-corrected chi connectivity index (χ0v) is 16.8. The van der Waals surface area contributed by atoms with Crippen molar-refractivity contribution in [1.29, 1.82) is 0 Å². The van der Waals surface area contributed by atoms with Gasteiger partial charge < -0.3 is 4.57 Å². The first-order chi connectivity index (χ1) is 12.5. The number of hydrogen-bond acceptors (Lipinski definition) is 3. The third-order valence-corrected chi connectivity index (χ3v) is 5.02. The van der Waals surface area contributed by atoms with E-state index in [2.05, 4.69) is 67.6 Å². The Kier molecular flexibility index (Phi) is 5.69. The van der Waals surface area contributed by atoms with Gasteiger partial charge >= 0.3 is 0 Å². The third-order valence-electron chi connectivity index (χ3n) is 4.58. The molecule has 0 aliphatic rings. The molecule has 0 fully saturated rings. The molecule has 0 aliphatic carbocycles. The molecule has 26 heavy (non-hydrogen) atoms. The van der Waals surface area contributed by atoms with Gasteiger partial charge in [0, 0.05) is 18.7 Å². The first-order valence-electron chi connectivity index (χ1n) is 8.97. The molecule has 0 aliphatic heterocycles. The van der Waals surface area contributed by atoms with Crippen molar-refractivity contribution in [2.75, 3.05) is 7.05 Å². The van der Waals surface area contributed by atoms with Crippen molar-refractivity contribution in [2.24, 2.45) is 0 Å². The van der Waals surface area contributed by atoms with Gasteiger partial charge in [0.25, 0.3) is 0 Å². The standard InChI is InChI=1S/C21H26N4S/c1-5-24-20(18-9-7-6-8-10-18)22-25(21(24)26)15-23(4)14-19-12-11-16(2)13-17(19)3/h6-13H,5,14-15H2,1-4H3. The van der Waals surface area contributed by atoms with Crippen LogP contribution in [0.1, 0.15) is 23.6 Å². The van der Waals surface area contributed by atoms with Gasteiger partial charge in [-0.25, -0.2) is 4.68 Å². The lowest BCUT2D eigenvalue weighted by atomic mass is 10.1. The Morgan fingerprint density at radius 1 is 1.08 bits per heavy atom. The van der Waals surface area contributed by atoms with Crippen LogP contribution in [0.5, 0.6) is 0 Å². The van der Waals surface area contributed by atoms with E-state index in [1.54, 1.807) is 0 Å². The average molecular weight is 367 g/mol. The summed E-state index contributed by atoms with van der Waals surface area (Å²) >= 11 is 5.67. The van der Waals surface area contributed by atoms with E-state index in [4.69, 9.17) is 17.3 Å². The van der Waals surface area contributed by atoms with Crippen LogP contribution in [0.15, 0.2) is 48.5 Å². The summed E-state index contributed by atoms with van der Waals surface area (Å²) in [6.45, 7) is 8.74. The molecule has 0 spiro atoms. The fraction of sp³-hybridized carbons (Fsp3) is 0.333. The Morgan fingerprint density at radius 3 is 2.46 bits per heavy atom. The maximum Gasteiger partial charge on any atom is 0.199 e. The zero-order chi connectivity index (χ0) is 18.7. The molecule has 0 atom stereocenters. The maximum absolute atomic E-state index is 5.67. The van der Waals surface area contributed by atoms with Crippen LogP contribution in [0, 0.1) is 18.6 Å². The first kappa shape index (κ1) is 18.5. The lowest BCUT2D eigenvalue weighted by molar-refractivity contribution is 0.243. The lowest BCUT2D eigenvalue weighted by Gasteiger charge is -2.18. The quantitative estimate of drug-likeness (QED) is 0.586. The van der Waals surface area contributed by atoms with E-state index in [0.717, 1.165) is 29.2 Å². The van der Waals surface area contributed by atoms with Crippen molar-refractivity contribution < 1.29 is 0 Å². The predicted molar refractivity (Wildman–Crippen MR) is 110 cm³/mol. The summed E-state index contributed by atoms with van der Waals surface area (Å²) in [5.74, 6) is 0.929. The summed E-state index contributed by atoms with van der Waals surface area (Å²) in [5, 5.41) is 4.80. The molecule has 5 heteroatoms. The number of rotatable bonds is 6. The predicted octanol–water partition coefficient (Wildman–Crippen LogP) is 4.81. The summed E-state index contributed by atoms with van der Waals surface area (Å²) in [6.07, 6.45) is 0. The van der Waals surface area contributed by atoms with Crippen molar-refractivity contribution in [3.8, 4) is 11.4 Å². The van der Waals surface area contributed by atoms with E-state index >= 15 is 0 Å². The summed E-state index contributed by atoms with van der Waals surface area (Å²) in [7, 11) is 2.11. The molecule has 1 aromatic heterocycles. The van der Waals surface area contributed by atoms with E-state index in [1.165, 1.54) is 16.7 Å². The molecule has 0 bridgehead atoms. The van der Waals surface area contributed by atoms with Crippen LogP contribution in [0.3, 0.4) is 0 Å². The summed E-state index contributed by atoms with van der Waals surface area (Å²) in [4.78, 5) is 2.25. The highest BCUT2D eigenvalue weighted by atomic mass is 32.1. The van der Waals surface area contributed by atoms with E-state index < -0.39 is 0 Å². The topological polar surface area (TPSA) is 26.0 Å². The highest BCUT2D eigenvalue weighted by Gasteiger charge is 2.13. The Hall–Kier alpha value is -2.24. The van der Waals surface area contributed by atoms with Crippen LogP contribution in [0.2, 0.25) is 0 Å². The molecule has 0 saturated carbocycles. The van der Waals surface area contributed by atoms with Crippen molar-refractivity contribution in [2.45, 2.75) is 40.5 Å². The molecular weight excluding hydrogens is 340 g/mol. The maximum atomic E-state index is 5.67. The molecule has 0 radical (unpaired) electrons. The van der Waals surface area contributed by atoms with Crippen LogP contribution >= 0.6 is 12.2 Å². The number of benzene rings is 2. The molecule has 136 valence electrons. The minimum atomic E-state index is 0.666. The molecule has 2 aromatic carbocycles. The largest absolute Gasteiger partial charge is 0.300 e. The van der Waals surface area contributed by atoms with Gasteiger partial charge in [0.05, 0.1) is 6.67 Å². The van der Waals surface area contributed by atoms with E-state index in [0.29, 0.717) is 6.67 Å². The van der Waals surface area contributed by atoms with Gasteiger partial charge in [-0.05, 0) is 51.2 Å². The van der Waals surface area contributed by atoms with Gasteiger partial charge in [0.15, 0.2) is 10.6 Å². The highest BCUT2D eigenvalue weighted by molar-refractivity contribution is 7.71. The fourth-order valence-corrected chi connectivity index (χ4v) is 3.53. The van der Waals surface area contributed by atoms with E-state index in [9.17, 15) is 0 Å². The van der Waals surface area contributed by atoms with Crippen molar-refractivity contribution in [1.82, 2.24) is 19.2 Å². The minimum absolute atomic E-state index is 0.666. The van der Waals surface area contributed by atoms with Crippen molar-refractivity contribution in [3.05, 3.63) is 70.0 Å². The summed E-state index contributed by atoms with van der Waals surface area (Å²) in [6, 6.07) is 16.8. The zero-order valence-electron chi connectivity index (χ0n) is 15.9. The van der Waals surface area contributed by atoms with E-state index in [1.807, 2.05) is 22.9 Å². The lowest BCUT2D eigenvalue weighted by Crippen LogP contribution is -2.23. The van der Waals surface area contributed by atoms with Crippen LogP contribution in [-0.4, -0.2) is 26.3 Å². The summed E-state index contributed by atoms with van der Waals surface area (Å²) in [5.41, 5.74) is 5.05. The Labute approximate surface area is 160 Å².